The molecule has 3 nitrogen and oxygen atoms in total. The Balaban J connectivity index is 0.00000324. The van der Waals surface area contributed by atoms with Crippen molar-refractivity contribution >= 4 is 18.3 Å². The molecule has 0 bridgehead atoms. The molecule has 0 aliphatic carbocycles. The lowest BCUT2D eigenvalue weighted by molar-refractivity contribution is -0.122. The number of rotatable bonds is 7. The Hall–Kier alpha value is -1.06. The smallest absolute Gasteiger partial charge is 0.221 e. The van der Waals surface area contributed by atoms with Crippen LogP contribution in [0.5, 0.6) is 0 Å². The number of halogens is 1. The first kappa shape index (κ1) is 17.9. The minimum Gasteiger partial charge on any atom is -0.351 e. The molecule has 0 saturated heterocycles. The summed E-state index contributed by atoms with van der Waals surface area (Å²) >= 11 is 0. The molecule has 4 heteroatoms. The summed E-state index contributed by atoms with van der Waals surface area (Å²) in [7, 11) is 1.85. The van der Waals surface area contributed by atoms with Gasteiger partial charge >= 0.3 is 0 Å². The third-order valence-corrected chi connectivity index (χ3v) is 2.96. The molecule has 0 aromatic heterocycles. The van der Waals surface area contributed by atoms with Gasteiger partial charge in [-0.05, 0) is 39.3 Å². The first-order valence-corrected chi connectivity index (χ1v) is 6.53. The number of carbonyl (C=O) groups is 1. The van der Waals surface area contributed by atoms with Crippen LogP contribution in [0.2, 0.25) is 0 Å². The van der Waals surface area contributed by atoms with E-state index >= 15 is 0 Å². The van der Waals surface area contributed by atoms with E-state index in [1.165, 1.54) is 5.56 Å². The monoisotopic (exact) mass is 284 g/mol. The van der Waals surface area contributed by atoms with E-state index in [1.807, 2.05) is 25.2 Å². The molecular formula is C15H25ClN2O. The summed E-state index contributed by atoms with van der Waals surface area (Å²) < 4.78 is 0. The van der Waals surface area contributed by atoms with Crippen molar-refractivity contribution in [2.75, 3.05) is 13.6 Å². The van der Waals surface area contributed by atoms with E-state index in [2.05, 4.69) is 36.6 Å². The number of amides is 1. The van der Waals surface area contributed by atoms with E-state index in [4.69, 9.17) is 0 Å². The van der Waals surface area contributed by atoms with Gasteiger partial charge in [0.2, 0.25) is 5.91 Å². The zero-order chi connectivity index (χ0) is 13.4. The van der Waals surface area contributed by atoms with Crippen LogP contribution < -0.4 is 10.6 Å². The van der Waals surface area contributed by atoms with Crippen LogP contribution >= 0.6 is 12.4 Å². The molecule has 0 unspecified atom stereocenters. The maximum atomic E-state index is 11.7. The molecule has 0 radical (unpaired) electrons. The second-order valence-electron chi connectivity index (χ2n) is 5.27. The fourth-order valence-corrected chi connectivity index (χ4v) is 1.84. The number of hydrogen-bond acceptors (Lipinski definition) is 2. The molecule has 0 aliphatic heterocycles. The van der Waals surface area contributed by atoms with Crippen molar-refractivity contribution in [2.45, 2.75) is 38.6 Å². The highest BCUT2D eigenvalue weighted by Crippen LogP contribution is 2.13. The second kappa shape index (κ2) is 8.94. The molecule has 108 valence electrons. The van der Waals surface area contributed by atoms with Gasteiger partial charge < -0.3 is 10.6 Å². The molecule has 1 aromatic carbocycles. The lowest BCUT2D eigenvalue weighted by Gasteiger charge is -2.26. The number of aryl methyl sites for hydroxylation is 1. The maximum absolute atomic E-state index is 11.7. The predicted octanol–water partition coefficient (Wildman–Crippen LogP) is 2.55. The summed E-state index contributed by atoms with van der Waals surface area (Å²) in [5.74, 6) is 0.113. The van der Waals surface area contributed by atoms with Gasteiger partial charge in [-0.2, -0.15) is 0 Å². The van der Waals surface area contributed by atoms with Crippen molar-refractivity contribution in [3.63, 3.8) is 0 Å². The standard InChI is InChI=1S/C15H24N2O.ClH/c1-15(2,17-14(18)10-12-16-3)11-9-13-7-5-4-6-8-13;/h4-8,16H,9-12H2,1-3H3,(H,17,18);1H. The topological polar surface area (TPSA) is 41.1 Å². The first-order valence-electron chi connectivity index (χ1n) is 6.53. The number of nitrogens with one attached hydrogen (secondary N) is 2. The Labute approximate surface area is 122 Å². The Morgan fingerprint density at radius 2 is 1.84 bits per heavy atom. The van der Waals surface area contributed by atoms with Gasteiger partial charge in [-0.1, -0.05) is 30.3 Å². The average Bonchev–Trinajstić information content (AvgIpc) is 2.35. The predicted molar refractivity (Wildman–Crippen MR) is 82.8 cm³/mol. The second-order valence-corrected chi connectivity index (χ2v) is 5.27. The molecule has 0 spiro atoms. The molecule has 0 fully saturated rings. The lowest BCUT2D eigenvalue weighted by Crippen LogP contribution is -2.44. The Morgan fingerprint density at radius 1 is 1.21 bits per heavy atom. The molecule has 19 heavy (non-hydrogen) atoms. The summed E-state index contributed by atoms with van der Waals surface area (Å²) in [4.78, 5) is 11.7. The van der Waals surface area contributed by atoms with E-state index in [1.54, 1.807) is 0 Å². The summed E-state index contributed by atoms with van der Waals surface area (Å²) in [6.07, 6.45) is 2.47. The molecule has 0 atom stereocenters. The third-order valence-electron chi connectivity index (χ3n) is 2.96. The minimum atomic E-state index is -0.152. The van der Waals surface area contributed by atoms with E-state index in [9.17, 15) is 4.79 Å². The van der Waals surface area contributed by atoms with E-state index in [0.29, 0.717) is 6.42 Å². The SMILES string of the molecule is CNCCC(=O)NC(C)(C)CCc1ccccc1.Cl. The van der Waals surface area contributed by atoms with E-state index in [-0.39, 0.29) is 23.9 Å². The zero-order valence-corrected chi connectivity index (χ0v) is 12.8. The quantitative estimate of drug-likeness (QED) is 0.808. The van der Waals surface area contributed by atoms with Crippen LogP contribution in [0.25, 0.3) is 0 Å². The van der Waals surface area contributed by atoms with Crippen molar-refractivity contribution in [1.82, 2.24) is 10.6 Å². The molecule has 2 N–H and O–H groups in total. The van der Waals surface area contributed by atoms with Gasteiger partial charge in [0.05, 0.1) is 0 Å². The average molecular weight is 285 g/mol. The number of hydrogen-bond donors (Lipinski definition) is 2. The van der Waals surface area contributed by atoms with Crippen LogP contribution in [-0.2, 0) is 11.2 Å². The third kappa shape index (κ3) is 7.85. The van der Waals surface area contributed by atoms with Crippen molar-refractivity contribution in [3.8, 4) is 0 Å². The van der Waals surface area contributed by atoms with Crippen LogP contribution in [0.15, 0.2) is 30.3 Å². The van der Waals surface area contributed by atoms with Crippen molar-refractivity contribution in [1.29, 1.82) is 0 Å². The largest absolute Gasteiger partial charge is 0.351 e. The molecule has 1 amide bonds. The van der Waals surface area contributed by atoms with Crippen molar-refractivity contribution in [2.24, 2.45) is 0 Å². The van der Waals surface area contributed by atoms with Gasteiger partial charge in [-0.25, -0.2) is 0 Å². The maximum Gasteiger partial charge on any atom is 0.221 e. The lowest BCUT2D eigenvalue weighted by atomic mass is 9.95. The van der Waals surface area contributed by atoms with Crippen LogP contribution in [0, 0.1) is 0 Å². The Bertz CT molecular complexity index is 366. The van der Waals surface area contributed by atoms with Gasteiger partial charge in [-0.3, -0.25) is 4.79 Å². The molecule has 1 aromatic rings. The van der Waals surface area contributed by atoms with Gasteiger partial charge in [0.1, 0.15) is 0 Å². The van der Waals surface area contributed by atoms with Gasteiger partial charge in [0, 0.05) is 18.5 Å². The molecule has 0 heterocycles. The summed E-state index contributed by atoms with van der Waals surface area (Å²) in [5.41, 5.74) is 1.16. The fraction of sp³-hybridized carbons (Fsp3) is 0.533. The summed E-state index contributed by atoms with van der Waals surface area (Å²) in [5, 5.41) is 6.06. The van der Waals surface area contributed by atoms with Crippen LogP contribution in [0.1, 0.15) is 32.3 Å². The highest BCUT2D eigenvalue weighted by atomic mass is 35.5. The highest BCUT2D eigenvalue weighted by molar-refractivity contribution is 5.85. The molecule has 0 saturated carbocycles. The normalized spacial score (nSPS) is 10.7. The van der Waals surface area contributed by atoms with Crippen LogP contribution in [0.4, 0.5) is 0 Å². The summed E-state index contributed by atoms with van der Waals surface area (Å²) in [6, 6.07) is 10.4. The first-order chi connectivity index (χ1) is 8.53. The fourth-order valence-electron chi connectivity index (χ4n) is 1.84. The van der Waals surface area contributed by atoms with Crippen molar-refractivity contribution < 1.29 is 4.79 Å². The van der Waals surface area contributed by atoms with Gasteiger partial charge in [0.25, 0.3) is 0 Å². The minimum absolute atomic E-state index is 0. The van der Waals surface area contributed by atoms with Crippen LogP contribution in [0.3, 0.4) is 0 Å². The summed E-state index contributed by atoms with van der Waals surface area (Å²) in [6.45, 7) is 4.88. The van der Waals surface area contributed by atoms with Gasteiger partial charge in [-0.15, -0.1) is 12.4 Å². The highest BCUT2D eigenvalue weighted by Gasteiger charge is 2.19. The zero-order valence-electron chi connectivity index (χ0n) is 12.0. The Morgan fingerprint density at radius 3 is 2.42 bits per heavy atom. The van der Waals surface area contributed by atoms with Gasteiger partial charge in [0.15, 0.2) is 0 Å². The number of benzene rings is 1. The molecular weight excluding hydrogens is 260 g/mol. The van der Waals surface area contributed by atoms with E-state index < -0.39 is 0 Å². The van der Waals surface area contributed by atoms with Crippen molar-refractivity contribution in [3.05, 3.63) is 35.9 Å². The number of carbonyl (C=O) groups excluding carboxylic acids is 1. The molecule has 0 aliphatic rings. The van der Waals surface area contributed by atoms with Crippen LogP contribution in [-0.4, -0.2) is 25.0 Å². The van der Waals surface area contributed by atoms with E-state index in [0.717, 1.165) is 19.4 Å². The Kier molecular flexibility index (Phi) is 8.44. The molecule has 1 rings (SSSR count).